The van der Waals surface area contributed by atoms with Crippen LogP contribution in [0.5, 0.6) is 5.88 Å². The summed E-state index contributed by atoms with van der Waals surface area (Å²) in [7, 11) is 4.09. The lowest BCUT2D eigenvalue weighted by Gasteiger charge is -2.31. The number of nitrogens with zero attached hydrogens (tertiary/aromatic N) is 3. The lowest BCUT2D eigenvalue weighted by atomic mass is 10.1. The molecule has 0 aliphatic rings. The molecule has 19 heavy (non-hydrogen) atoms. The average molecular weight is 266 g/mol. The topological polar surface area (TPSA) is 50.3 Å². The lowest BCUT2D eigenvalue weighted by molar-refractivity contribution is 0.111. The first kappa shape index (κ1) is 15.7. The van der Waals surface area contributed by atoms with E-state index in [-0.39, 0.29) is 5.54 Å². The summed E-state index contributed by atoms with van der Waals surface area (Å²) in [6.07, 6.45) is 1.04. The molecule has 1 heterocycles. The maximum absolute atomic E-state index is 5.80. The highest BCUT2D eigenvalue weighted by Gasteiger charge is 2.21. The van der Waals surface area contributed by atoms with Gasteiger partial charge < -0.3 is 15.0 Å². The minimum atomic E-state index is -0.0319. The van der Waals surface area contributed by atoms with Crippen molar-refractivity contribution in [1.82, 2.24) is 14.9 Å². The van der Waals surface area contributed by atoms with Crippen LogP contribution in [0.3, 0.4) is 0 Å². The molecule has 0 bridgehead atoms. The van der Waals surface area contributed by atoms with Crippen molar-refractivity contribution < 1.29 is 4.74 Å². The highest BCUT2D eigenvalue weighted by molar-refractivity contribution is 5.30. The summed E-state index contributed by atoms with van der Waals surface area (Å²) in [5, 5.41) is 3.18. The molecule has 1 N–H and O–H groups in total. The van der Waals surface area contributed by atoms with Crippen LogP contribution in [0.25, 0.3) is 0 Å². The van der Waals surface area contributed by atoms with E-state index in [0.29, 0.717) is 18.4 Å². The van der Waals surface area contributed by atoms with Gasteiger partial charge in [0, 0.05) is 23.8 Å². The molecule has 1 aromatic rings. The van der Waals surface area contributed by atoms with Crippen LogP contribution < -0.4 is 10.1 Å². The van der Waals surface area contributed by atoms with Crippen LogP contribution in [-0.2, 0) is 0 Å². The van der Waals surface area contributed by atoms with E-state index in [1.54, 1.807) is 0 Å². The van der Waals surface area contributed by atoms with Gasteiger partial charge >= 0.3 is 0 Å². The van der Waals surface area contributed by atoms with E-state index in [1.807, 2.05) is 27.1 Å². The largest absolute Gasteiger partial charge is 0.476 e. The molecule has 5 heteroatoms. The van der Waals surface area contributed by atoms with Gasteiger partial charge in [0.1, 0.15) is 6.61 Å². The standard InChI is InChI=1S/C14H26N4O/c1-7-8-15-13-16-11(2)9-12(17-13)19-10-14(3,4)18(5)6/h9H,7-8,10H2,1-6H3,(H,15,16,17). The van der Waals surface area contributed by atoms with Crippen LogP contribution in [-0.4, -0.2) is 47.7 Å². The van der Waals surface area contributed by atoms with Crippen LogP contribution >= 0.6 is 0 Å². The first-order chi connectivity index (χ1) is 8.85. The van der Waals surface area contributed by atoms with E-state index in [2.05, 4.69) is 41.0 Å². The summed E-state index contributed by atoms with van der Waals surface area (Å²) in [6.45, 7) is 9.78. The van der Waals surface area contributed by atoms with E-state index in [4.69, 9.17) is 4.74 Å². The SMILES string of the molecule is CCCNc1nc(C)cc(OCC(C)(C)N(C)C)n1. The number of likely N-dealkylation sites (N-methyl/N-ethyl adjacent to an activating group) is 1. The van der Waals surface area contributed by atoms with E-state index in [0.717, 1.165) is 18.7 Å². The van der Waals surface area contributed by atoms with Crippen molar-refractivity contribution >= 4 is 5.95 Å². The Morgan fingerprint density at radius 2 is 2.00 bits per heavy atom. The molecule has 0 aromatic carbocycles. The van der Waals surface area contributed by atoms with Gasteiger partial charge in [0.05, 0.1) is 0 Å². The highest BCUT2D eigenvalue weighted by atomic mass is 16.5. The predicted molar refractivity (Wildman–Crippen MR) is 78.8 cm³/mol. The molecule has 0 unspecified atom stereocenters. The predicted octanol–water partition coefficient (Wildman–Crippen LogP) is 2.33. The maximum atomic E-state index is 5.80. The van der Waals surface area contributed by atoms with Crippen molar-refractivity contribution in [3.8, 4) is 5.88 Å². The Hall–Kier alpha value is -1.36. The van der Waals surface area contributed by atoms with Crippen LogP contribution in [0.1, 0.15) is 32.9 Å². The second-order valence-electron chi connectivity index (χ2n) is 5.59. The van der Waals surface area contributed by atoms with Crippen LogP contribution in [0.15, 0.2) is 6.07 Å². The molecule has 108 valence electrons. The molecule has 5 nitrogen and oxygen atoms in total. The molecular formula is C14H26N4O. The average Bonchev–Trinajstić information content (AvgIpc) is 2.33. The molecule has 0 saturated heterocycles. The van der Waals surface area contributed by atoms with Gasteiger partial charge in [0.25, 0.3) is 0 Å². The van der Waals surface area contributed by atoms with Crippen molar-refractivity contribution in [3.05, 3.63) is 11.8 Å². The zero-order valence-electron chi connectivity index (χ0n) is 12.9. The fourth-order valence-electron chi connectivity index (χ4n) is 1.31. The number of anilines is 1. The van der Waals surface area contributed by atoms with Gasteiger partial charge in [-0.3, -0.25) is 0 Å². The molecule has 0 saturated carbocycles. The fourth-order valence-corrected chi connectivity index (χ4v) is 1.31. The Labute approximate surface area is 116 Å². The van der Waals surface area contributed by atoms with E-state index < -0.39 is 0 Å². The van der Waals surface area contributed by atoms with Gasteiger partial charge in [0.15, 0.2) is 0 Å². The Kier molecular flexibility index (Phi) is 5.54. The Morgan fingerprint density at radius 1 is 1.32 bits per heavy atom. The molecule has 0 spiro atoms. The summed E-state index contributed by atoms with van der Waals surface area (Å²) in [6, 6.07) is 1.86. The number of aromatic nitrogens is 2. The fraction of sp³-hybridized carbons (Fsp3) is 0.714. The van der Waals surface area contributed by atoms with Gasteiger partial charge in [-0.15, -0.1) is 0 Å². The van der Waals surface area contributed by atoms with E-state index in [9.17, 15) is 0 Å². The third kappa shape index (κ3) is 5.03. The smallest absolute Gasteiger partial charge is 0.226 e. The zero-order valence-corrected chi connectivity index (χ0v) is 12.9. The van der Waals surface area contributed by atoms with Crippen molar-refractivity contribution in [1.29, 1.82) is 0 Å². The molecule has 0 amide bonds. The number of aryl methyl sites for hydroxylation is 1. The summed E-state index contributed by atoms with van der Waals surface area (Å²) in [4.78, 5) is 10.8. The van der Waals surface area contributed by atoms with E-state index >= 15 is 0 Å². The van der Waals surface area contributed by atoms with Crippen molar-refractivity contribution in [3.63, 3.8) is 0 Å². The minimum Gasteiger partial charge on any atom is -0.476 e. The molecule has 1 aromatic heterocycles. The highest BCUT2D eigenvalue weighted by Crippen LogP contribution is 2.16. The molecule has 0 aliphatic heterocycles. The molecule has 0 radical (unpaired) electrons. The van der Waals surface area contributed by atoms with Crippen LogP contribution in [0.4, 0.5) is 5.95 Å². The van der Waals surface area contributed by atoms with Crippen molar-refractivity contribution in [2.75, 3.05) is 32.6 Å². The maximum Gasteiger partial charge on any atom is 0.226 e. The second kappa shape index (κ2) is 6.70. The summed E-state index contributed by atoms with van der Waals surface area (Å²) < 4.78 is 5.80. The first-order valence-corrected chi connectivity index (χ1v) is 6.75. The summed E-state index contributed by atoms with van der Waals surface area (Å²) in [5.41, 5.74) is 0.877. The zero-order chi connectivity index (χ0) is 14.5. The molecule has 0 atom stereocenters. The van der Waals surface area contributed by atoms with Gasteiger partial charge in [0.2, 0.25) is 11.8 Å². The molecule has 0 aliphatic carbocycles. The Morgan fingerprint density at radius 3 is 2.58 bits per heavy atom. The number of rotatable bonds is 7. The molecule has 0 fully saturated rings. The first-order valence-electron chi connectivity index (χ1n) is 6.75. The lowest BCUT2D eigenvalue weighted by Crippen LogP contribution is -2.43. The van der Waals surface area contributed by atoms with E-state index in [1.165, 1.54) is 0 Å². The van der Waals surface area contributed by atoms with Crippen LogP contribution in [0, 0.1) is 6.92 Å². The van der Waals surface area contributed by atoms with Gasteiger partial charge in [-0.2, -0.15) is 4.98 Å². The van der Waals surface area contributed by atoms with Crippen molar-refractivity contribution in [2.45, 2.75) is 39.7 Å². The minimum absolute atomic E-state index is 0.0319. The normalized spacial score (nSPS) is 11.7. The second-order valence-corrected chi connectivity index (χ2v) is 5.59. The van der Waals surface area contributed by atoms with Gasteiger partial charge in [-0.1, -0.05) is 6.92 Å². The number of hydrogen-bond acceptors (Lipinski definition) is 5. The summed E-state index contributed by atoms with van der Waals surface area (Å²) >= 11 is 0. The third-order valence-electron chi connectivity index (χ3n) is 3.15. The number of ether oxygens (including phenoxy) is 1. The summed E-state index contributed by atoms with van der Waals surface area (Å²) in [5.74, 6) is 1.26. The Bertz CT molecular complexity index is 404. The monoisotopic (exact) mass is 266 g/mol. The van der Waals surface area contributed by atoms with Crippen molar-refractivity contribution in [2.24, 2.45) is 0 Å². The number of nitrogens with one attached hydrogen (secondary N) is 1. The van der Waals surface area contributed by atoms with Gasteiger partial charge in [-0.25, -0.2) is 4.98 Å². The quantitative estimate of drug-likeness (QED) is 0.821. The molecular weight excluding hydrogens is 240 g/mol. The van der Waals surface area contributed by atoms with Gasteiger partial charge in [-0.05, 0) is 41.3 Å². The number of hydrogen-bond donors (Lipinski definition) is 1. The third-order valence-corrected chi connectivity index (χ3v) is 3.15. The van der Waals surface area contributed by atoms with Crippen LogP contribution in [0.2, 0.25) is 0 Å². The molecule has 1 rings (SSSR count). The Balaban J connectivity index is 2.70.